The van der Waals surface area contributed by atoms with Crippen LogP contribution in [0.2, 0.25) is 0 Å². The van der Waals surface area contributed by atoms with Crippen molar-refractivity contribution >= 4 is 17.6 Å². The van der Waals surface area contributed by atoms with E-state index in [-0.39, 0.29) is 0 Å². The summed E-state index contributed by atoms with van der Waals surface area (Å²) in [5.74, 6) is 0.358. The summed E-state index contributed by atoms with van der Waals surface area (Å²) >= 11 is 0. The molecule has 0 saturated heterocycles. The van der Waals surface area contributed by atoms with Gasteiger partial charge >= 0.3 is 0 Å². The number of carbonyl (C=O) groups is 1. The Morgan fingerprint density at radius 2 is 1.75 bits per heavy atom. The molecule has 0 aliphatic rings. The summed E-state index contributed by atoms with van der Waals surface area (Å²) in [5, 5.41) is 4.01. The number of allylic oxidation sites excluding steroid dienone is 2. The largest absolute Gasteiger partial charge is 0.396 e. The monoisotopic (exact) mass is 273 g/mol. The van der Waals surface area contributed by atoms with Crippen molar-refractivity contribution in [3.8, 4) is 0 Å². The van der Waals surface area contributed by atoms with Crippen molar-refractivity contribution in [1.82, 2.24) is 0 Å². The van der Waals surface area contributed by atoms with Crippen LogP contribution in [0, 0.1) is 5.92 Å². The van der Waals surface area contributed by atoms with Crippen LogP contribution in [-0.4, -0.2) is 18.6 Å². The van der Waals surface area contributed by atoms with E-state index >= 15 is 0 Å². The Bertz CT molecular complexity index is 510. The smallest absolute Gasteiger partial charge is 0.150 e. The molecule has 0 heterocycles. The van der Waals surface area contributed by atoms with Crippen LogP contribution < -0.4 is 0 Å². The number of aldehydes is 1. The molecule has 0 amide bonds. The van der Waals surface area contributed by atoms with Crippen molar-refractivity contribution < 1.29 is 9.63 Å². The molecule has 1 aromatic carbocycles. The van der Waals surface area contributed by atoms with Crippen LogP contribution in [-0.2, 0) is 9.63 Å². The van der Waals surface area contributed by atoms with Gasteiger partial charge in [0.15, 0.2) is 6.29 Å². The van der Waals surface area contributed by atoms with E-state index in [1.165, 1.54) is 0 Å². The van der Waals surface area contributed by atoms with E-state index in [0.29, 0.717) is 12.5 Å². The first-order valence-corrected chi connectivity index (χ1v) is 6.94. The second-order valence-corrected chi connectivity index (χ2v) is 5.04. The van der Waals surface area contributed by atoms with Gasteiger partial charge in [-0.1, -0.05) is 48.8 Å². The van der Waals surface area contributed by atoms with E-state index in [4.69, 9.17) is 4.84 Å². The van der Waals surface area contributed by atoms with Crippen molar-refractivity contribution in [2.45, 2.75) is 34.6 Å². The van der Waals surface area contributed by atoms with Crippen molar-refractivity contribution in [3.63, 3.8) is 0 Å². The summed E-state index contributed by atoms with van der Waals surface area (Å²) in [7, 11) is 0. The minimum Gasteiger partial charge on any atom is -0.396 e. The number of oxime groups is 1. The average Bonchev–Trinajstić information content (AvgIpc) is 2.46. The van der Waals surface area contributed by atoms with Gasteiger partial charge in [-0.2, -0.15) is 0 Å². The van der Waals surface area contributed by atoms with Gasteiger partial charge in [0.1, 0.15) is 6.61 Å². The summed E-state index contributed by atoms with van der Waals surface area (Å²) < 4.78 is 0. The van der Waals surface area contributed by atoms with E-state index in [1.807, 2.05) is 45.0 Å². The van der Waals surface area contributed by atoms with Crippen molar-refractivity contribution in [1.29, 1.82) is 0 Å². The van der Waals surface area contributed by atoms with Gasteiger partial charge in [-0.25, -0.2) is 0 Å². The van der Waals surface area contributed by atoms with Gasteiger partial charge in [-0.3, -0.25) is 4.79 Å². The molecule has 0 saturated carbocycles. The maximum atomic E-state index is 11.3. The van der Waals surface area contributed by atoms with Crippen LogP contribution in [0.1, 0.15) is 45.7 Å². The molecule has 0 bridgehead atoms. The van der Waals surface area contributed by atoms with Crippen LogP contribution in [0.25, 0.3) is 5.57 Å². The summed E-state index contributed by atoms with van der Waals surface area (Å²) in [5.41, 5.74) is 4.64. The Morgan fingerprint density at radius 1 is 1.20 bits per heavy atom. The lowest BCUT2D eigenvalue weighted by Crippen LogP contribution is -1.99. The molecule has 0 N–H and O–H groups in total. The highest BCUT2D eigenvalue weighted by molar-refractivity contribution is 6.08. The third-order valence-corrected chi connectivity index (χ3v) is 3.35. The summed E-state index contributed by atoms with van der Waals surface area (Å²) in [4.78, 5) is 16.4. The third-order valence-electron chi connectivity index (χ3n) is 3.35. The maximum Gasteiger partial charge on any atom is 0.150 e. The molecule has 0 spiro atoms. The fourth-order valence-electron chi connectivity index (χ4n) is 1.80. The van der Waals surface area contributed by atoms with Gasteiger partial charge in [-0.05, 0) is 37.8 Å². The fourth-order valence-corrected chi connectivity index (χ4v) is 1.80. The predicted octanol–water partition coefficient (Wildman–Crippen LogP) is 4.08. The molecule has 0 fully saturated rings. The maximum absolute atomic E-state index is 11.3. The molecule has 0 aliphatic carbocycles. The predicted molar refractivity (Wildman–Crippen MR) is 83.8 cm³/mol. The highest BCUT2D eigenvalue weighted by atomic mass is 16.6. The summed E-state index contributed by atoms with van der Waals surface area (Å²) in [6.45, 7) is 10.5. The molecule has 108 valence electrons. The number of carbonyl (C=O) groups excluding carboxylic acids is 1. The molecular weight excluding hydrogens is 250 g/mol. The number of nitrogens with zero attached hydrogens (tertiary/aromatic N) is 1. The molecule has 0 radical (unpaired) electrons. The lowest BCUT2D eigenvalue weighted by Gasteiger charge is -2.11. The Hall–Kier alpha value is -1.90. The quantitative estimate of drug-likeness (QED) is 0.339. The van der Waals surface area contributed by atoms with Gasteiger partial charge in [0, 0.05) is 5.57 Å². The average molecular weight is 273 g/mol. The van der Waals surface area contributed by atoms with Gasteiger partial charge in [0.05, 0.1) is 5.71 Å². The molecule has 0 atom stereocenters. The standard InChI is InChI=1S/C17H23NO2/c1-6-20-18-14(5)15-7-9-16(10-8-15)17(11-19)13(4)12(2)3/h7-12H,6H2,1-5H3/b17-13+,18-14+. The number of benzene rings is 1. The van der Waals surface area contributed by atoms with Crippen LogP contribution >= 0.6 is 0 Å². The van der Waals surface area contributed by atoms with Gasteiger partial charge < -0.3 is 4.84 Å². The first kappa shape index (κ1) is 16.2. The minimum atomic E-state index is 0.358. The highest BCUT2D eigenvalue weighted by Crippen LogP contribution is 2.22. The normalized spacial score (nSPS) is 13.2. The Balaban J connectivity index is 3.07. The Morgan fingerprint density at radius 3 is 2.20 bits per heavy atom. The number of hydrogen-bond donors (Lipinski definition) is 0. The van der Waals surface area contributed by atoms with E-state index in [2.05, 4.69) is 19.0 Å². The second-order valence-electron chi connectivity index (χ2n) is 5.04. The molecular formula is C17H23NO2. The Kier molecular flexibility index (Phi) is 6.16. The van der Waals surface area contributed by atoms with Crippen LogP contribution in [0.15, 0.2) is 35.0 Å². The van der Waals surface area contributed by atoms with Crippen LogP contribution in [0.3, 0.4) is 0 Å². The molecule has 1 aromatic rings. The third kappa shape index (κ3) is 4.05. The Labute approximate surface area is 121 Å². The van der Waals surface area contributed by atoms with Crippen LogP contribution in [0.5, 0.6) is 0 Å². The SMILES string of the molecule is CCO/N=C(\C)c1ccc(/C(C=O)=C(\C)C(C)C)cc1. The molecule has 0 unspecified atom stereocenters. The van der Waals surface area contributed by atoms with E-state index < -0.39 is 0 Å². The number of hydrogen-bond acceptors (Lipinski definition) is 3. The second kappa shape index (κ2) is 7.63. The summed E-state index contributed by atoms with van der Waals surface area (Å²) in [6, 6.07) is 7.83. The van der Waals surface area contributed by atoms with E-state index in [0.717, 1.165) is 34.3 Å². The van der Waals surface area contributed by atoms with E-state index in [9.17, 15) is 4.79 Å². The lowest BCUT2D eigenvalue weighted by molar-refractivity contribution is -0.103. The molecule has 0 aliphatic heterocycles. The molecule has 3 nitrogen and oxygen atoms in total. The van der Waals surface area contributed by atoms with Gasteiger partial charge in [0.2, 0.25) is 0 Å². The molecule has 1 rings (SSSR count). The van der Waals surface area contributed by atoms with Crippen molar-refractivity contribution in [2.24, 2.45) is 11.1 Å². The topological polar surface area (TPSA) is 38.7 Å². The zero-order valence-electron chi connectivity index (χ0n) is 12.9. The zero-order valence-corrected chi connectivity index (χ0v) is 12.9. The lowest BCUT2D eigenvalue weighted by atomic mass is 9.94. The minimum absolute atomic E-state index is 0.358. The highest BCUT2D eigenvalue weighted by Gasteiger charge is 2.08. The summed E-state index contributed by atoms with van der Waals surface area (Å²) in [6.07, 6.45) is 0.936. The van der Waals surface area contributed by atoms with Crippen molar-refractivity contribution in [3.05, 3.63) is 41.0 Å². The van der Waals surface area contributed by atoms with E-state index in [1.54, 1.807) is 0 Å². The first-order chi connectivity index (χ1) is 9.51. The van der Waals surface area contributed by atoms with Gasteiger partial charge in [0.25, 0.3) is 0 Å². The fraction of sp³-hybridized carbons (Fsp3) is 0.412. The van der Waals surface area contributed by atoms with Gasteiger partial charge in [-0.15, -0.1) is 0 Å². The molecule has 20 heavy (non-hydrogen) atoms. The molecule has 3 heteroatoms. The zero-order chi connectivity index (χ0) is 15.1. The molecule has 0 aromatic heterocycles. The van der Waals surface area contributed by atoms with Crippen molar-refractivity contribution in [2.75, 3.05) is 6.61 Å². The first-order valence-electron chi connectivity index (χ1n) is 6.94. The number of rotatable bonds is 6. The van der Waals surface area contributed by atoms with Crippen LogP contribution in [0.4, 0.5) is 0 Å².